The number of nitrogens with zero attached hydrogens (tertiary/aromatic N) is 1. The van der Waals surface area contributed by atoms with Gasteiger partial charge in [0.1, 0.15) is 5.82 Å². The lowest BCUT2D eigenvalue weighted by Crippen LogP contribution is -2.43. The molecule has 1 amide bonds. The fourth-order valence-electron chi connectivity index (χ4n) is 4.39. The molecule has 0 bridgehead atoms. The minimum absolute atomic E-state index is 0.0261. The molecule has 0 radical (unpaired) electrons. The SMILES string of the molecule is C[C@H](NC(=O)C1CCN(S(=O)(=O)c2ccc(F)cc2)CC1)c1ccc2c(c1)CCC2. The molecule has 2 aromatic rings. The van der Waals surface area contributed by atoms with Crippen molar-refractivity contribution in [1.29, 1.82) is 0 Å². The third-order valence-electron chi connectivity index (χ3n) is 6.26. The molecule has 0 saturated carbocycles. The molecule has 2 aromatic carbocycles. The number of aryl methyl sites for hydroxylation is 2. The van der Waals surface area contributed by atoms with Gasteiger partial charge in [0, 0.05) is 19.0 Å². The van der Waals surface area contributed by atoms with Crippen LogP contribution in [0.2, 0.25) is 0 Å². The van der Waals surface area contributed by atoms with E-state index in [4.69, 9.17) is 0 Å². The molecule has 7 heteroatoms. The molecular formula is C23H27FN2O3S. The monoisotopic (exact) mass is 430 g/mol. The van der Waals surface area contributed by atoms with Crippen LogP contribution in [0, 0.1) is 11.7 Å². The molecule has 1 N–H and O–H groups in total. The van der Waals surface area contributed by atoms with Crippen molar-refractivity contribution < 1.29 is 17.6 Å². The van der Waals surface area contributed by atoms with Crippen LogP contribution < -0.4 is 5.32 Å². The summed E-state index contributed by atoms with van der Waals surface area (Å²) in [5.41, 5.74) is 3.90. The number of carbonyl (C=O) groups is 1. The topological polar surface area (TPSA) is 66.5 Å². The van der Waals surface area contributed by atoms with Crippen LogP contribution in [0.15, 0.2) is 47.4 Å². The van der Waals surface area contributed by atoms with Crippen LogP contribution in [0.5, 0.6) is 0 Å². The highest BCUT2D eigenvalue weighted by Gasteiger charge is 2.32. The van der Waals surface area contributed by atoms with Crippen molar-refractivity contribution in [3.05, 3.63) is 65.0 Å². The lowest BCUT2D eigenvalue weighted by Gasteiger charge is -2.31. The molecule has 0 unspecified atom stereocenters. The molecule has 2 aliphatic rings. The van der Waals surface area contributed by atoms with Gasteiger partial charge in [-0.2, -0.15) is 4.31 Å². The highest BCUT2D eigenvalue weighted by atomic mass is 32.2. The first-order valence-electron chi connectivity index (χ1n) is 10.5. The number of halogens is 1. The van der Waals surface area contributed by atoms with E-state index in [0.29, 0.717) is 12.8 Å². The third kappa shape index (κ3) is 4.27. The molecular weight excluding hydrogens is 403 g/mol. The molecule has 1 atom stereocenters. The molecule has 4 rings (SSSR count). The van der Waals surface area contributed by atoms with Gasteiger partial charge < -0.3 is 5.32 Å². The van der Waals surface area contributed by atoms with Gasteiger partial charge in [-0.05, 0) is 80.0 Å². The fraction of sp³-hybridized carbons (Fsp3) is 0.435. The number of sulfonamides is 1. The minimum atomic E-state index is -3.66. The second-order valence-electron chi connectivity index (χ2n) is 8.24. The number of fused-ring (bicyclic) bond motifs is 1. The molecule has 0 spiro atoms. The van der Waals surface area contributed by atoms with Gasteiger partial charge >= 0.3 is 0 Å². The van der Waals surface area contributed by atoms with Crippen molar-refractivity contribution in [3.63, 3.8) is 0 Å². The van der Waals surface area contributed by atoms with E-state index in [1.165, 1.54) is 34.0 Å². The van der Waals surface area contributed by atoms with Crippen LogP contribution >= 0.6 is 0 Å². The zero-order chi connectivity index (χ0) is 21.3. The quantitative estimate of drug-likeness (QED) is 0.788. The summed E-state index contributed by atoms with van der Waals surface area (Å²) in [6.07, 6.45) is 4.38. The number of carbonyl (C=O) groups excluding carboxylic acids is 1. The highest BCUT2D eigenvalue weighted by molar-refractivity contribution is 7.89. The van der Waals surface area contributed by atoms with Crippen molar-refractivity contribution in [2.24, 2.45) is 5.92 Å². The first-order valence-corrected chi connectivity index (χ1v) is 12.0. The van der Waals surface area contributed by atoms with E-state index < -0.39 is 15.8 Å². The first-order chi connectivity index (χ1) is 14.3. The van der Waals surface area contributed by atoms with Gasteiger partial charge in [0.15, 0.2) is 0 Å². The Balaban J connectivity index is 1.34. The predicted octanol–water partition coefficient (Wildman–Crippen LogP) is 3.59. The Bertz CT molecular complexity index is 1030. The maximum absolute atomic E-state index is 13.1. The number of hydrogen-bond acceptors (Lipinski definition) is 3. The smallest absolute Gasteiger partial charge is 0.243 e. The number of rotatable bonds is 5. The molecule has 160 valence electrons. The summed E-state index contributed by atoms with van der Waals surface area (Å²) < 4.78 is 39.9. The van der Waals surface area contributed by atoms with E-state index in [0.717, 1.165) is 30.5 Å². The Labute approximate surface area is 177 Å². The third-order valence-corrected chi connectivity index (χ3v) is 8.17. The van der Waals surface area contributed by atoms with E-state index in [1.54, 1.807) is 0 Å². The van der Waals surface area contributed by atoms with Gasteiger partial charge in [-0.15, -0.1) is 0 Å². The second-order valence-corrected chi connectivity index (χ2v) is 10.2. The Hall–Kier alpha value is -2.25. The number of amides is 1. The zero-order valence-corrected chi connectivity index (χ0v) is 17.9. The number of piperidine rings is 1. The summed E-state index contributed by atoms with van der Waals surface area (Å²) >= 11 is 0. The van der Waals surface area contributed by atoms with Gasteiger partial charge in [-0.1, -0.05) is 18.2 Å². The van der Waals surface area contributed by atoms with Gasteiger partial charge in [0.2, 0.25) is 15.9 Å². The minimum Gasteiger partial charge on any atom is -0.349 e. The maximum Gasteiger partial charge on any atom is 0.243 e. The number of nitrogens with one attached hydrogen (secondary N) is 1. The maximum atomic E-state index is 13.1. The van der Waals surface area contributed by atoms with Crippen LogP contribution in [-0.2, 0) is 27.7 Å². The molecule has 1 heterocycles. The normalized spacial score (nSPS) is 18.7. The van der Waals surface area contributed by atoms with Gasteiger partial charge in [0.05, 0.1) is 10.9 Å². The molecule has 0 aromatic heterocycles. The van der Waals surface area contributed by atoms with Crippen LogP contribution in [0.1, 0.15) is 48.9 Å². The van der Waals surface area contributed by atoms with Gasteiger partial charge in [-0.25, -0.2) is 12.8 Å². The Morgan fingerprint density at radius 1 is 1.07 bits per heavy atom. The Morgan fingerprint density at radius 3 is 2.43 bits per heavy atom. The van der Waals surface area contributed by atoms with E-state index in [1.807, 2.05) is 6.92 Å². The fourth-order valence-corrected chi connectivity index (χ4v) is 5.86. The van der Waals surface area contributed by atoms with E-state index >= 15 is 0 Å². The molecule has 30 heavy (non-hydrogen) atoms. The first kappa shape index (κ1) is 21.0. The molecule has 1 saturated heterocycles. The average Bonchev–Trinajstić information content (AvgIpc) is 3.22. The van der Waals surface area contributed by atoms with Crippen LogP contribution in [-0.4, -0.2) is 31.7 Å². The highest BCUT2D eigenvalue weighted by Crippen LogP contribution is 2.27. The Morgan fingerprint density at radius 2 is 1.73 bits per heavy atom. The van der Waals surface area contributed by atoms with E-state index in [9.17, 15) is 17.6 Å². The summed E-state index contributed by atoms with van der Waals surface area (Å²) in [6, 6.07) is 11.2. The van der Waals surface area contributed by atoms with Gasteiger partial charge in [0.25, 0.3) is 0 Å². The van der Waals surface area contributed by atoms with Crippen LogP contribution in [0.4, 0.5) is 4.39 Å². The molecule has 1 aliphatic heterocycles. The summed E-state index contributed by atoms with van der Waals surface area (Å²) in [5, 5.41) is 3.10. The predicted molar refractivity (Wildman–Crippen MR) is 113 cm³/mol. The summed E-state index contributed by atoms with van der Waals surface area (Å²) in [7, 11) is -3.66. The van der Waals surface area contributed by atoms with Crippen LogP contribution in [0.25, 0.3) is 0 Å². The summed E-state index contributed by atoms with van der Waals surface area (Å²) in [4.78, 5) is 12.8. The van der Waals surface area contributed by atoms with Gasteiger partial charge in [-0.3, -0.25) is 4.79 Å². The second kappa shape index (κ2) is 8.47. The molecule has 5 nitrogen and oxygen atoms in total. The van der Waals surface area contributed by atoms with Crippen LogP contribution in [0.3, 0.4) is 0 Å². The van der Waals surface area contributed by atoms with Crippen molar-refractivity contribution in [2.45, 2.75) is 50.0 Å². The summed E-state index contributed by atoms with van der Waals surface area (Å²) in [5.74, 6) is -0.704. The molecule has 1 fully saturated rings. The standard InChI is InChI=1S/C23H27FN2O3S/c1-16(19-6-5-17-3-2-4-20(17)15-19)25-23(27)18-11-13-26(14-12-18)30(28,29)22-9-7-21(24)8-10-22/h5-10,15-16,18H,2-4,11-14H2,1H3,(H,25,27)/t16-/m0/s1. The van der Waals surface area contributed by atoms with Crippen molar-refractivity contribution in [2.75, 3.05) is 13.1 Å². The average molecular weight is 431 g/mol. The Kier molecular flexibility index (Phi) is 5.93. The summed E-state index contributed by atoms with van der Waals surface area (Å²) in [6.45, 7) is 2.55. The largest absolute Gasteiger partial charge is 0.349 e. The van der Waals surface area contributed by atoms with E-state index in [2.05, 4.69) is 23.5 Å². The van der Waals surface area contributed by atoms with Crippen molar-refractivity contribution in [3.8, 4) is 0 Å². The lowest BCUT2D eigenvalue weighted by molar-refractivity contribution is -0.126. The zero-order valence-electron chi connectivity index (χ0n) is 17.1. The van der Waals surface area contributed by atoms with E-state index in [-0.39, 0.29) is 35.9 Å². The number of benzene rings is 2. The van der Waals surface area contributed by atoms with Crippen molar-refractivity contribution in [1.82, 2.24) is 9.62 Å². The number of hydrogen-bond donors (Lipinski definition) is 1. The molecule has 1 aliphatic carbocycles. The lowest BCUT2D eigenvalue weighted by atomic mass is 9.96. The van der Waals surface area contributed by atoms with Crippen molar-refractivity contribution >= 4 is 15.9 Å².